The van der Waals surface area contributed by atoms with Crippen LogP contribution >= 0.6 is 0 Å². The molecule has 0 amide bonds. The molecule has 236 valence electrons. The molecule has 0 unspecified atom stereocenters. The van der Waals surface area contributed by atoms with Crippen LogP contribution in [0.3, 0.4) is 0 Å². The molecule has 8 bridgehead atoms. The molecule has 4 aromatic heterocycles. The lowest BCUT2D eigenvalue weighted by atomic mass is 9.98. The third-order valence-electron chi connectivity index (χ3n) is 6.66. The van der Waals surface area contributed by atoms with E-state index in [2.05, 4.69) is 19.9 Å². The number of hydrogen-bond donors (Lipinski definition) is 4. The molecule has 5 rings (SSSR count). The molecule has 0 saturated carbocycles. The van der Waals surface area contributed by atoms with Crippen LogP contribution in [0.25, 0.3) is 23.3 Å². The van der Waals surface area contributed by atoms with E-state index in [0.717, 1.165) is 60.7 Å². The number of fused-ring (bicyclic) bond motifs is 8. The van der Waals surface area contributed by atoms with E-state index in [4.69, 9.17) is 0 Å². The first-order valence-corrected chi connectivity index (χ1v) is 11.9. The molecular formula is C26H14F14N4. The first kappa shape index (κ1) is 31.1. The molecular weight excluding hydrogens is 634 g/mol. The van der Waals surface area contributed by atoms with Crippen LogP contribution in [0.1, 0.15) is 22.8 Å². The van der Waals surface area contributed by atoms with Crippen LogP contribution in [0, 0.1) is 0 Å². The standard InChI is InChI=1S/C26H14F14N4/c27-21(28,23(31,32)25(35,36)37)19-15-5-1-11(41-15)9-12-2-6-17(42-12)20(22(29,30)24(33,34)26(38,39)40)18-8-4-14(44-18)10-13-3-7-16(19)43-13/h1-10,41-44H. The first-order chi connectivity index (χ1) is 20.1. The Labute approximate surface area is 234 Å². The summed E-state index contributed by atoms with van der Waals surface area (Å²) in [6.07, 6.45) is -11.5. The second-order valence-corrected chi connectivity index (χ2v) is 9.64. The zero-order chi connectivity index (χ0) is 32.7. The van der Waals surface area contributed by atoms with Crippen LogP contribution < -0.4 is 21.4 Å². The Balaban J connectivity index is 1.84. The molecule has 0 spiro atoms. The smallest absolute Gasteiger partial charge is 0.355 e. The van der Waals surface area contributed by atoms with Gasteiger partial charge in [-0.1, -0.05) is 0 Å². The van der Waals surface area contributed by atoms with Gasteiger partial charge in [-0.25, -0.2) is 0 Å². The van der Waals surface area contributed by atoms with E-state index in [1.165, 1.54) is 0 Å². The van der Waals surface area contributed by atoms with Gasteiger partial charge in [0.15, 0.2) is 0 Å². The summed E-state index contributed by atoms with van der Waals surface area (Å²) in [5.74, 6) is -24.8. The molecule has 0 saturated heterocycles. The molecule has 18 heteroatoms. The van der Waals surface area contributed by atoms with Crippen molar-refractivity contribution in [3.05, 3.63) is 92.7 Å². The van der Waals surface area contributed by atoms with Gasteiger partial charge in [-0.15, -0.1) is 0 Å². The highest BCUT2D eigenvalue weighted by atomic mass is 19.4. The lowest BCUT2D eigenvalue weighted by molar-refractivity contribution is -0.339. The van der Waals surface area contributed by atoms with Crippen molar-refractivity contribution in [3.8, 4) is 0 Å². The maximum Gasteiger partial charge on any atom is 0.460 e. The normalized spacial score (nSPS) is 15.3. The predicted octanol–water partition coefficient (Wildman–Crippen LogP) is 5.03. The Hall–Kier alpha value is -4.38. The van der Waals surface area contributed by atoms with Crippen LogP contribution in [0.4, 0.5) is 61.5 Å². The minimum Gasteiger partial charge on any atom is -0.355 e. The maximum atomic E-state index is 15.1. The van der Waals surface area contributed by atoms with Crippen LogP contribution in [0.5, 0.6) is 0 Å². The summed E-state index contributed by atoms with van der Waals surface area (Å²) in [4.78, 5) is 8.82. The van der Waals surface area contributed by atoms with Crippen molar-refractivity contribution in [2.45, 2.75) is 36.0 Å². The molecule has 0 radical (unpaired) electrons. The number of hydrogen-bond acceptors (Lipinski definition) is 0. The molecule has 4 aromatic rings. The Kier molecular flexibility index (Phi) is 6.75. The average molecular weight is 648 g/mol. The highest BCUT2D eigenvalue weighted by molar-refractivity contribution is 5.72. The van der Waals surface area contributed by atoms with Gasteiger partial charge in [-0.2, -0.15) is 61.5 Å². The van der Waals surface area contributed by atoms with Gasteiger partial charge in [0, 0.05) is 22.1 Å². The fraction of sp³-hybridized carbons (Fsp3) is 0.231. The van der Waals surface area contributed by atoms with Crippen molar-refractivity contribution in [1.82, 2.24) is 19.9 Å². The minimum atomic E-state index is -6.68. The second-order valence-electron chi connectivity index (χ2n) is 9.64. The molecule has 0 fully saturated rings. The summed E-state index contributed by atoms with van der Waals surface area (Å²) in [6.45, 7) is 0. The van der Waals surface area contributed by atoms with Gasteiger partial charge in [0.25, 0.3) is 0 Å². The minimum absolute atomic E-state index is 0.293. The van der Waals surface area contributed by atoms with E-state index in [-0.39, 0.29) is 22.1 Å². The topological polar surface area (TPSA) is 63.2 Å². The van der Waals surface area contributed by atoms with Gasteiger partial charge in [0.05, 0.1) is 33.2 Å². The number of aromatic nitrogens is 4. The maximum absolute atomic E-state index is 15.1. The molecule has 1 aliphatic rings. The Morgan fingerprint density at radius 1 is 0.386 bits per heavy atom. The van der Waals surface area contributed by atoms with Crippen molar-refractivity contribution in [3.63, 3.8) is 0 Å². The number of rotatable bonds is 4. The van der Waals surface area contributed by atoms with E-state index in [0.29, 0.717) is 0 Å². The molecule has 44 heavy (non-hydrogen) atoms. The second kappa shape index (κ2) is 9.56. The van der Waals surface area contributed by atoms with Crippen LogP contribution in [0.15, 0.2) is 48.5 Å². The lowest BCUT2D eigenvalue weighted by Gasteiger charge is -2.29. The third kappa shape index (κ3) is 4.70. The summed E-state index contributed by atoms with van der Waals surface area (Å²) < 4.78 is 196. The van der Waals surface area contributed by atoms with Crippen molar-refractivity contribution < 1.29 is 61.5 Å². The number of nitrogens with one attached hydrogen (secondary N) is 4. The molecule has 1 aliphatic heterocycles. The summed E-state index contributed by atoms with van der Waals surface area (Å²) in [5.41, 5.74) is -6.03. The van der Waals surface area contributed by atoms with Gasteiger partial charge in [-0.05, 0) is 60.7 Å². The van der Waals surface area contributed by atoms with Crippen LogP contribution in [0.2, 0.25) is 0 Å². The number of halogens is 14. The van der Waals surface area contributed by atoms with Crippen LogP contribution in [-0.2, 0) is 0 Å². The van der Waals surface area contributed by atoms with Crippen molar-refractivity contribution >= 4 is 23.3 Å². The van der Waals surface area contributed by atoms with E-state index in [9.17, 15) is 43.9 Å². The predicted molar refractivity (Wildman–Crippen MR) is 126 cm³/mol. The quantitative estimate of drug-likeness (QED) is 0.225. The average Bonchev–Trinajstić information content (AvgIpc) is 3.68. The van der Waals surface area contributed by atoms with Gasteiger partial charge in [-0.3, -0.25) is 0 Å². The van der Waals surface area contributed by atoms with Gasteiger partial charge in [0.2, 0.25) is 0 Å². The molecule has 4 nitrogen and oxygen atoms in total. The molecule has 0 aromatic carbocycles. The number of alkyl halides is 14. The van der Waals surface area contributed by atoms with Crippen LogP contribution in [-0.4, -0.2) is 56.0 Å². The molecule has 0 aliphatic carbocycles. The Morgan fingerprint density at radius 2 is 0.727 bits per heavy atom. The molecule has 4 N–H and O–H groups in total. The Morgan fingerprint density at radius 3 is 1.05 bits per heavy atom. The lowest BCUT2D eigenvalue weighted by Crippen LogP contribution is -2.54. The van der Waals surface area contributed by atoms with Crippen molar-refractivity contribution in [2.24, 2.45) is 0 Å². The van der Waals surface area contributed by atoms with E-state index < -0.39 is 69.3 Å². The van der Waals surface area contributed by atoms with Gasteiger partial charge in [0.1, 0.15) is 0 Å². The number of aromatic amines is 4. The SMILES string of the molecule is FC(F)(F)C(F)(F)C(F)(F)C1=c2ccc([nH]2)=Cc2ccc([nH]2)C(C(F)(F)C(F)(F)C(F)(F)F)=c2ccc([nH]2)=Cc2ccc1[nH]2. The molecule has 5 heterocycles. The highest BCUT2D eigenvalue weighted by Crippen LogP contribution is 2.52. The first-order valence-electron chi connectivity index (χ1n) is 11.9. The third-order valence-corrected chi connectivity index (χ3v) is 6.66. The molecule has 0 atom stereocenters. The fourth-order valence-corrected chi connectivity index (χ4v) is 4.54. The zero-order valence-corrected chi connectivity index (χ0v) is 21.1. The highest BCUT2D eigenvalue weighted by Gasteiger charge is 2.75. The summed E-state index contributed by atoms with van der Waals surface area (Å²) >= 11 is 0. The van der Waals surface area contributed by atoms with Crippen molar-refractivity contribution in [2.75, 3.05) is 0 Å². The van der Waals surface area contributed by atoms with Gasteiger partial charge >= 0.3 is 36.0 Å². The fourth-order valence-electron chi connectivity index (χ4n) is 4.54. The van der Waals surface area contributed by atoms with E-state index in [1.54, 1.807) is 0 Å². The monoisotopic (exact) mass is 648 g/mol. The zero-order valence-electron chi connectivity index (χ0n) is 21.1. The Bertz CT molecular complexity index is 1820. The summed E-state index contributed by atoms with van der Waals surface area (Å²) in [7, 11) is 0. The van der Waals surface area contributed by atoms with E-state index in [1.807, 2.05) is 0 Å². The summed E-state index contributed by atoms with van der Waals surface area (Å²) in [6, 6.07) is 6.61. The van der Waals surface area contributed by atoms with Gasteiger partial charge < -0.3 is 19.9 Å². The van der Waals surface area contributed by atoms with E-state index >= 15 is 17.6 Å². The van der Waals surface area contributed by atoms with Crippen molar-refractivity contribution in [1.29, 1.82) is 0 Å². The largest absolute Gasteiger partial charge is 0.460 e. The summed E-state index contributed by atoms with van der Waals surface area (Å²) in [5, 5.41) is -2.44. The number of H-pyrrole nitrogens is 4.